The Morgan fingerprint density at radius 2 is 2.58 bits per heavy atom. The summed E-state index contributed by atoms with van der Waals surface area (Å²) in [6.45, 7) is 4.28. The van der Waals surface area contributed by atoms with Gasteiger partial charge in [0.05, 0.1) is 24.3 Å². The number of hydrogen-bond donors (Lipinski definition) is 1. The lowest BCUT2D eigenvalue weighted by atomic mass is 10.2. The van der Waals surface area contributed by atoms with Crippen LogP contribution in [0.2, 0.25) is 0 Å². The molecule has 0 unspecified atom stereocenters. The number of nitrogens with one attached hydrogen (secondary N) is 1. The van der Waals surface area contributed by atoms with Gasteiger partial charge < -0.3 is 9.88 Å². The molecular formula is C9H13N3. The number of rotatable bonds is 2. The van der Waals surface area contributed by atoms with Crippen molar-refractivity contribution in [1.82, 2.24) is 14.9 Å². The molecule has 0 aliphatic carbocycles. The van der Waals surface area contributed by atoms with Crippen LogP contribution in [0.3, 0.4) is 0 Å². The minimum Gasteiger partial charge on any atom is -0.371 e. The maximum atomic E-state index is 4.18. The van der Waals surface area contributed by atoms with Gasteiger partial charge in [0.15, 0.2) is 0 Å². The van der Waals surface area contributed by atoms with Crippen molar-refractivity contribution in [3.63, 3.8) is 0 Å². The first-order chi connectivity index (χ1) is 5.90. The molecular weight excluding hydrogens is 150 g/mol. The molecule has 0 fully saturated rings. The zero-order chi connectivity index (χ0) is 8.39. The fourth-order valence-corrected chi connectivity index (χ4v) is 1.47. The summed E-state index contributed by atoms with van der Waals surface area (Å²) in [5.74, 6) is 0. The van der Waals surface area contributed by atoms with Gasteiger partial charge in [-0.15, -0.1) is 0 Å². The molecule has 3 heteroatoms. The van der Waals surface area contributed by atoms with Crippen LogP contribution in [-0.2, 0) is 6.54 Å². The fourth-order valence-electron chi connectivity index (χ4n) is 1.47. The third kappa shape index (κ3) is 1.22. The quantitative estimate of drug-likeness (QED) is 0.718. The Balaban J connectivity index is 2.13. The highest BCUT2D eigenvalue weighted by atomic mass is 15.1. The van der Waals surface area contributed by atoms with E-state index in [9.17, 15) is 0 Å². The summed E-state index contributed by atoms with van der Waals surface area (Å²) in [4.78, 5) is 9.62. The topological polar surface area (TPSA) is 31.9 Å². The van der Waals surface area contributed by atoms with Gasteiger partial charge in [-0.2, -0.15) is 0 Å². The molecule has 0 amide bonds. The van der Waals surface area contributed by atoms with E-state index in [4.69, 9.17) is 0 Å². The number of hydrogen-bond acceptors (Lipinski definition) is 2. The molecule has 1 N–H and O–H groups in total. The van der Waals surface area contributed by atoms with Crippen molar-refractivity contribution in [2.75, 3.05) is 6.54 Å². The molecule has 3 nitrogen and oxygen atoms in total. The molecule has 0 aromatic carbocycles. The molecule has 12 heavy (non-hydrogen) atoms. The second-order valence-electron chi connectivity index (χ2n) is 3.05. The van der Waals surface area contributed by atoms with Crippen LogP contribution in [0.5, 0.6) is 0 Å². The lowest BCUT2D eigenvalue weighted by Crippen LogP contribution is -2.20. The van der Waals surface area contributed by atoms with E-state index in [2.05, 4.69) is 34.1 Å². The highest BCUT2D eigenvalue weighted by molar-refractivity contribution is 5.49. The molecule has 2 rings (SSSR count). The molecule has 1 aliphatic rings. The number of imidazole rings is 1. The molecule has 0 bridgehead atoms. The molecule has 0 saturated heterocycles. The van der Waals surface area contributed by atoms with Gasteiger partial charge in [-0.3, -0.25) is 0 Å². The molecule has 0 spiro atoms. The smallest absolute Gasteiger partial charge is 0.0929 e. The van der Waals surface area contributed by atoms with Crippen molar-refractivity contribution in [2.24, 2.45) is 0 Å². The van der Waals surface area contributed by atoms with Crippen LogP contribution in [0.4, 0.5) is 0 Å². The monoisotopic (exact) mass is 163 g/mol. The Morgan fingerprint density at radius 3 is 3.42 bits per heavy atom. The largest absolute Gasteiger partial charge is 0.371 e. The molecule has 0 atom stereocenters. The van der Waals surface area contributed by atoms with Gasteiger partial charge in [-0.05, 0) is 12.5 Å². The summed E-state index contributed by atoms with van der Waals surface area (Å²) in [6.07, 6.45) is 7.12. The van der Waals surface area contributed by atoms with Crippen LogP contribution < -0.4 is 0 Å². The van der Waals surface area contributed by atoms with Crippen molar-refractivity contribution in [3.8, 4) is 0 Å². The number of fused-ring (bicyclic) bond motifs is 1. The minimum atomic E-state index is 0.972. The van der Waals surface area contributed by atoms with Crippen LogP contribution >= 0.6 is 0 Å². The zero-order valence-corrected chi connectivity index (χ0v) is 7.25. The van der Waals surface area contributed by atoms with Crippen LogP contribution in [0.25, 0.3) is 6.08 Å². The number of aromatic amines is 1. The first-order valence-corrected chi connectivity index (χ1v) is 4.34. The van der Waals surface area contributed by atoms with E-state index in [0.29, 0.717) is 0 Å². The Labute approximate surface area is 72.1 Å². The van der Waals surface area contributed by atoms with E-state index in [1.165, 1.54) is 12.1 Å². The first-order valence-electron chi connectivity index (χ1n) is 4.34. The van der Waals surface area contributed by atoms with Gasteiger partial charge in [-0.1, -0.05) is 6.92 Å². The third-order valence-electron chi connectivity index (χ3n) is 2.07. The molecule has 1 aromatic heterocycles. The molecule has 0 radical (unpaired) electrons. The standard InChI is InChI=1S/C9H13N3/c1-2-4-12-5-3-8-9(6-12)11-7-10-8/h3,5,7H,2,4,6H2,1H3,(H,10,11). The van der Waals surface area contributed by atoms with Gasteiger partial charge in [-0.25, -0.2) is 4.98 Å². The van der Waals surface area contributed by atoms with Gasteiger partial charge in [0.25, 0.3) is 0 Å². The Bertz CT molecular complexity index is 288. The second-order valence-corrected chi connectivity index (χ2v) is 3.05. The summed E-state index contributed by atoms with van der Waals surface area (Å²) in [5.41, 5.74) is 2.31. The second kappa shape index (κ2) is 3.01. The highest BCUT2D eigenvalue weighted by Crippen LogP contribution is 2.15. The van der Waals surface area contributed by atoms with Crippen molar-refractivity contribution in [3.05, 3.63) is 23.9 Å². The Kier molecular flexibility index (Phi) is 1.86. The van der Waals surface area contributed by atoms with Crippen molar-refractivity contribution in [2.45, 2.75) is 19.9 Å². The predicted molar refractivity (Wildman–Crippen MR) is 48.3 cm³/mol. The predicted octanol–water partition coefficient (Wildman–Crippen LogP) is 1.61. The average molecular weight is 163 g/mol. The third-order valence-corrected chi connectivity index (χ3v) is 2.07. The SMILES string of the molecule is CCCN1C=Cc2nc[nH]c2C1. The Morgan fingerprint density at radius 1 is 1.67 bits per heavy atom. The van der Waals surface area contributed by atoms with E-state index >= 15 is 0 Å². The van der Waals surface area contributed by atoms with Gasteiger partial charge in [0, 0.05) is 12.7 Å². The summed E-state index contributed by atoms with van der Waals surface area (Å²) >= 11 is 0. The van der Waals surface area contributed by atoms with Crippen LogP contribution in [0.15, 0.2) is 12.5 Å². The van der Waals surface area contributed by atoms with E-state index < -0.39 is 0 Å². The molecule has 1 aromatic rings. The van der Waals surface area contributed by atoms with Crippen LogP contribution in [0, 0.1) is 0 Å². The lowest BCUT2D eigenvalue weighted by Gasteiger charge is -2.21. The van der Waals surface area contributed by atoms with E-state index in [1.54, 1.807) is 6.33 Å². The van der Waals surface area contributed by atoms with Gasteiger partial charge >= 0.3 is 0 Å². The number of nitrogens with zero attached hydrogens (tertiary/aromatic N) is 2. The van der Waals surface area contributed by atoms with E-state index in [-0.39, 0.29) is 0 Å². The molecule has 0 saturated carbocycles. The van der Waals surface area contributed by atoms with Gasteiger partial charge in [0.2, 0.25) is 0 Å². The summed E-state index contributed by atoms with van der Waals surface area (Å²) in [5, 5.41) is 0. The highest BCUT2D eigenvalue weighted by Gasteiger charge is 2.10. The van der Waals surface area contributed by atoms with Crippen molar-refractivity contribution >= 4 is 6.08 Å². The maximum absolute atomic E-state index is 4.18. The van der Waals surface area contributed by atoms with Gasteiger partial charge in [0.1, 0.15) is 0 Å². The minimum absolute atomic E-state index is 0.972. The summed E-state index contributed by atoms with van der Waals surface area (Å²) in [7, 11) is 0. The van der Waals surface area contributed by atoms with E-state index in [0.717, 1.165) is 18.8 Å². The summed E-state index contributed by atoms with van der Waals surface area (Å²) < 4.78 is 0. The fraction of sp³-hybridized carbons (Fsp3) is 0.444. The normalized spacial score (nSPS) is 14.9. The molecule has 1 aliphatic heterocycles. The van der Waals surface area contributed by atoms with E-state index in [1.807, 2.05) is 0 Å². The number of H-pyrrole nitrogens is 1. The van der Waals surface area contributed by atoms with Crippen LogP contribution in [0.1, 0.15) is 24.7 Å². The molecule has 2 heterocycles. The Hall–Kier alpha value is -1.25. The summed E-state index contributed by atoms with van der Waals surface area (Å²) in [6, 6.07) is 0. The molecule has 64 valence electrons. The van der Waals surface area contributed by atoms with Crippen LogP contribution in [-0.4, -0.2) is 21.4 Å². The average Bonchev–Trinajstić information content (AvgIpc) is 2.51. The van der Waals surface area contributed by atoms with Crippen molar-refractivity contribution in [1.29, 1.82) is 0 Å². The maximum Gasteiger partial charge on any atom is 0.0929 e. The number of aromatic nitrogens is 2. The lowest BCUT2D eigenvalue weighted by molar-refractivity contribution is 0.362. The van der Waals surface area contributed by atoms with Crippen molar-refractivity contribution < 1.29 is 0 Å². The zero-order valence-electron chi connectivity index (χ0n) is 7.25. The first kappa shape index (κ1) is 7.40.